The Morgan fingerprint density at radius 3 is 3.00 bits per heavy atom. The minimum absolute atomic E-state index is 0.278. The molecule has 1 aliphatic rings. The Hall–Kier alpha value is -0.610. The monoisotopic (exact) mass is 287 g/mol. The topological polar surface area (TPSA) is 21.3 Å². The third-order valence-electron chi connectivity index (χ3n) is 2.95. The van der Waals surface area contributed by atoms with Gasteiger partial charge >= 0.3 is 0 Å². The first kappa shape index (κ1) is 11.9. The van der Waals surface area contributed by atoms with E-state index < -0.39 is 0 Å². The highest BCUT2D eigenvalue weighted by atomic mass is 79.9. The Labute approximate surface area is 103 Å². The van der Waals surface area contributed by atoms with Gasteiger partial charge in [-0.3, -0.25) is 0 Å². The standard InChI is InChI=1S/C12H15BrFNO/c1-16-12-7-11(14)10(13)6-8(12)5-9-3-2-4-15-9/h6-7,9,15H,2-5H2,1H3. The molecule has 16 heavy (non-hydrogen) atoms. The molecule has 1 aromatic carbocycles. The van der Waals surface area contributed by atoms with Gasteiger partial charge in [0.05, 0.1) is 11.6 Å². The fourth-order valence-corrected chi connectivity index (χ4v) is 2.51. The van der Waals surface area contributed by atoms with E-state index in [4.69, 9.17) is 4.74 Å². The van der Waals surface area contributed by atoms with E-state index in [1.807, 2.05) is 6.07 Å². The maximum atomic E-state index is 13.3. The smallest absolute Gasteiger partial charge is 0.141 e. The van der Waals surface area contributed by atoms with E-state index >= 15 is 0 Å². The number of benzene rings is 1. The van der Waals surface area contributed by atoms with Crippen molar-refractivity contribution in [1.82, 2.24) is 5.32 Å². The molecule has 1 aromatic rings. The number of ether oxygens (including phenoxy) is 1. The van der Waals surface area contributed by atoms with Gasteiger partial charge in [-0.05, 0) is 53.4 Å². The van der Waals surface area contributed by atoms with Crippen LogP contribution < -0.4 is 10.1 Å². The summed E-state index contributed by atoms with van der Waals surface area (Å²) in [5.41, 5.74) is 1.05. The molecule has 1 unspecified atom stereocenters. The molecular weight excluding hydrogens is 273 g/mol. The molecule has 1 heterocycles. The normalized spacial score (nSPS) is 20.1. The second-order valence-electron chi connectivity index (χ2n) is 4.08. The van der Waals surface area contributed by atoms with E-state index in [0.29, 0.717) is 16.3 Å². The van der Waals surface area contributed by atoms with Gasteiger partial charge in [0.25, 0.3) is 0 Å². The molecule has 0 saturated carbocycles. The highest BCUT2D eigenvalue weighted by molar-refractivity contribution is 9.10. The maximum Gasteiger partial charge on any atom is 0.141 e. The third-order valence-corrected chi connectivity index (χ3v) is 3.56. The summed E-state index contributed by atoms with van der Waals surface area (Å²) < 4.78 is 19.0. The lowest BCUT2D eigenvalue weighted by molar-refractivity contribution is 0.403. The predicted molar refractivity (Wildman–Crippen MR) is 65.4 cm³/mol. The summed E-state index contributed by atoms with van der Waals surface area (Å²) in [5, 5.41) is 3.43. The lowest BCUT2D eigenvalue weighted by Gasteiger charge is -2.14. The summed E-state index contributed by atoms with van der Waals surface area (Å²) in [6, 6.07) is 3.74. The van der Waals surface area contributed by atoms with Crippen LogP contribution in [0.3, 0.4) is 0 Å². The Bertz CT molecular complexity index is 378. The summed E-state index contributed by atoms with van der Waals surface area (Å²) in [6.45, 7) is 1.08. The Morgan fingerprint density at radius 1 is 1.56 bits per heavy atom. The fourth-order valence-electron chi connectivity index (χ4n) is 2.12. The summed E-state index contributed by atoms with van der Waals surface area (Å²) >= 11 is 3.21. The molecule has 1 atom stereocenters. The van der Waals surface area contributed by atoms with E-state index in [9.17, 15) is 4.39 Å². The van der Waals surface area contributed by atoms with Gasteiger partial charge in [0.2, 0.25) is 0 Å². The highest BCUT2D eigenvalue weighted by Gasteiger charge is 2.17. The Morgan fingerprint density at radius 2 is 2.38 bits per heavy atom. The number of hydrogen-bond acceptors (Lipinski definition) is 2. The van der Waals surface area contributed by atoms with Crippen molar-refractivity contribution in [3.05, 3.63) is 28.0 Å². The van der Waals surface area contributed by atoms with Gasteiger partial charge in [0.1, 0.15) is 11.6 Å². The minimum atomic E-state index is -0.278. The lowest BCUT2D eigenvalue weighted by Crippen LogP contribution is -2.23. The van der Waals surface area contributed by atoms with Crippen molar-refractivity contribution in [3.8, 4) is 5.75 Å². The summed E-state index contributed by atoms with van der Waals surface area (Å²) in [4.78, 5) is 0. The largest absolute Gasteiger partial charge is 0.496 e. The molecule has 0 amide bonds. The van der Waals surface area contributed by atoms with Crippen LogP contribution in [0.4, 0.5) is 4.39 Å². The van der Waals surface area contributed by atoms with E-state index in [2.05, 4.69) is 21.2 Å². The van der Waals surface area contributed by atoms with Gasteiger partial charge < -0.3 is 10.1 Å². The maximum absolute atomic E-state index is 13.3. The van der Waals surface area contributed by atoms with E-state index in [0.717, 1.165) is 18.5 Å². The number of rotatable bonds is 3. The summed E-state index contributed by atoms with van der Waals surface area (Å²) in [5.74, 6) is 0.356. The van der Waals surface area contributed by atoms with E-state index in [1.165, 1.54) is 18.9 Å². The average Bonchev–Trinajstić information content (AvgIpc) is 2.76. The van der Waals surface area contributed by atoms with Gasteiger partial charge in [0, 0.05) is 12.1 Å². The van der Waals surface area contributed by atoms with Crippen LogP contribution >= 0.6 is 15.9 Å². The molecule has 1 N–H and O–H groups in total. The molecule has 0 bridgehead atoms. The molecule has 1 saturated heterocycles. The summed E-state index contributed by atoms with van der Waals surface area (Å²) in [7, 11) is 1.58. The number of nitrogens with one attached hydrogen (secondary N) is 1. The summed E-state index contributed by atoms with van der Waals surface area (Å²) in [6.07, 6.45) is 3.29. The first-order chi connectivity index (χ1) is 7.70. The van der Waals surface area contributed by atoms with Crippen LogP contribution in [0.15, 0.2) is 16.6 Å². The zero-order chi connectivity index (χ0) is 11.5. The van der Waals surface area contributed by atoms with E-state index in [1.54, 1.807) is 7.11 Å². The first-order valence-electron chi connectivity index (χ1n) is 5.46. The first-order valence-corrected chi connectivity index (χ1v) is 6.25. The number of hydrogen-bond donors (Lipinski definition) is 1. The minimum Gasteiger partial charge on any atom is -0.496 e. The van der Waals surface area contributed by atoms with Crippen LogP contribution in [0.5, 0.6) is 5.75 Å². The zero-order valence-corrected chi connectivity index (χ0v) is 10.8. The molecule has 0 aromatic heterocycles. The molecule has 88 valence electrons. The SMILES string of the molecule is COc1cc(F)c(Br)cc1CC1CCCN1. The Balaban J connectivity index is 2.20. The quantitative estimate of drug-likeness (QED) is 0.923. The van der Waals surface area contributed by atoms with Crippen molar-refractivity contribution in [3.63, 3.8) is 0 Å². The van der Waals surface area contributed by atoms with Gasteiger partial charge in [-0.1, -0.05) is 0 Å². The zero-order valence-electron chi connectivity index (χ0n) is 9.22. The van der Waals surface area contributed by atoms with Gasteiger partial charge in [0.15, 0.2) is 0 Å². The van der Waals surface area contributed by atoms with Crippen molar-refractivity contribution >= 4 is 15.9 Å². The third kappa shape index (κ3) is 2.55. The van der Waals surface area contributed by atoms with Gasteiger partial charge in [-0.15, -0.1) is 0 Å². The van der Waals surface area contributed by atoms with Crippen LogP contribution in [0.1, 0.15) is 18.4 Å². The van der Waals surface area contributed by atoms with Crippen molar-refractivity contribution in [2.45, 2.75) is 25.3 Å². The number of halogens is 2. The lowest BCUT2D eigenvalue weighted by atomic mass is 10.0. The van der Waals surface area contributed by atoms with Crippen LogP contribution in [0.25, 0.3) is 0 Å². The second-order valence-corrected chi connectivity index (χ2v) is 4.93. The fraction of sp³-hybridized carbons (Fsp3) is 0.500. The second kappa shape index (κ2) is 5.15. The van der Waals surface area contributed by atoms with Crippen molar-refractivity contribution in [2.24, 2.45) is 0 Å². The predicted octanol–water partition coefficient (Wildman–Crippen LogP) is 2.89. The molecule has 0 aliphatic carbocycles. The van der Waals surface area contributed by atoms with Gasteiger partial charge in [-0.2, -0.15) is 0 Å². The van der Waals surface area contributed by atoms with Gasteiger partial charge in [-0.25, -0.2) is 4.39 Å². The Kier molecular flexibility index (Phi) is 3.82. The molecule has 4 heteroatoms. The van der Waals surface area contributed by atoms with Crippen LogP contribution in [-0.4, -0.2) is 19.7 Å². The van der Waals surface area contributed by atoms with Crippen LogP contribution in [0, 0.1) is 5.82 Å². The molecule has 0 spiro atoms. The average molecular weight is 288 g/mol. The van der Waals surface area contributed by atoms with Crippen molar-refractivity contribution < 1.29 is 9.13 Å². The molecule has 2 rings (SSSR count). The molecule has 0 radical (unpaired) electrons. The van der Waals surface area contributed by atoms with E-state index in [-0.39, 0.29) is 5.82 Å². The molecule has 1 fully saturated rings. The highest BCUT2D eigenvalue weighted by Crippen LogP contribution is 2.28. The van der Waals surface area contributed by atoms with Crippen molar-refractivity contribution in [1.29, 1.82) is 0 Å². The molecule has 1 aliphatic heterocycles. The van der Waals surface area contributed by atoms with Crippen molar-refractivity contribution in [2.75, 3.05) is 13.7 Å². The molecular formula is C12H15BrFNO. The molecule has 2 nitrogen and oxygen atoms in total. The van der Waals surface area contributed by atoms with Crippen LogP contribution in [0.2, 0.25) is 0 Å². The number of methoxy groups -OCH3 is 1. The van der Waals surface area contributed by atoms with Crippen LogP contribution in [-0.2, 0) is 6.42 Å².